The summed E-state index contributed by atoms with van der Waals surface area (Å²) in [6.07, 6.45) is 0. The number of fused-ring (bicyclic) bond motifs is 1. The van der Waals surface area contributed by atoms with Gasteiger partial charge in [-0.2, -0.15) is 0 Å². The fourth-order valence-electron chi connectivity index (χ4n) is 2.73. The first-order valence-corrected chi connectivity index (χ1v) is 7.18. The third-order valence-electron chi connectivity index (χ3n) is 3.77. The van der Waals surface area contributed by atoms with E-state index in [0.717, 1.165) is 23.4 Å². The zero-order valence-electron chi connectivity index (χ0n) is 13.3. The summed E-state index contributed by atoms with van der Waals surface area (Å²) in [6, 6.07) is 5.38. The van der Waals surface area contributed by atoms with Crippen LogP contribution in [0.2, 0.25) is 0 Å². The van der Waals surface area contributed by atoms with E-state index in [1.807, 2.05) is 21.0 Å². The molecule has 1 N–H and O–H groups in total. The van der Waals surface area contributed by atoms with E-state index in [2.05, 4.69) is 28.3 Å². The van der Waals surface area contributed by atoms with Crippen LogP contribution < -0.4 is 0 Å². The first-order chi connectivity index (χ1) is 9.81. The number of carboxylic acids is 1. The molecule has 2 aromatic rings. The van der Waals surface area contributed by atoms with Crippen molar-refractivity contribution in [3.8, 4) is 0 Å². The van der Waals surface area contributed by atoms with Crippen LogP contribution in [0.3, 0.4) is 0 Å². The molecule has 0 bridgehead atoms. The number of rotatable bonds is 5. The van der Waals surface area contributed by atoms with Crippen molar-refractivity contribution in [1.29, 1.82) is 0 Å². The summed E-state index contributed by atoms with van der Waals surface area (Å²) in [4.78, 5) is 17.9. The maximum absolute atomic E-state index is 11.2. The zero-order valence-corrected chi connectivity index (χ0v) is 13.3. The van der Waals surface area contributed by atoms with E-state index in [4.69, 9.17) is 0 Å². The van der Waals surface area contributed by atoms with Gasteiger partial charge in [0.1, 0.15) is 5.82 Å². The first-order valence-electron chi connectivity index (χ1n) is 7.18. The monoisotopic (exact) mass is 289 g/mol. The summed E-state index contributed by atoms with van der Waals surface area (Å²) in [6.45, 7) is 7.23. The van der Waals surface area contributed by atoms with Crippen LogP contribution in [0.25, 0.3) is 11.0 Å². The second kappa shape index (κ2) is 5.85. The predicted molar refractivity (Wildman–Crippen MR) is 83.9 cm³/mol. The Kier molecular flexibility index (Phi) is 4.32. The van der Waals surface area contributed by atoms with E-state index in [1.165, 1.54) is 0 Å². The summed E-state index contributed by atoms with van der Waals surface area (Å²) in [5.74, 6) is 0.445. The molecule has 0 saturated heterocycles. The van der Waals surface area contributed by atoms with Crippen LogP contribution in [0.1, 0.15) is 36.1 Å². The number of likely N-dealkylation sites (N-methyl/N-ethyl adjacent to an activating group) is 1. The van der Waals surface area contributed by atoms with Gasteiger partial charge in [-0.3, -0.25) is 0 Å². The second-order valence-electron chi connectivity index (χ2n) is 6.11. The normalized spacial score (nSPS) is 13.3. The molecular weight excluding hydrogens is 266 g/mol. The number of carbonyl (C=O) groups is 1. The Labute approximate surface area is 125 Å². The largest absolute Gasteiger partial charge is 0.478 e. The van der Waals surface area contributed by atoms with Gasteiger partial charge in [-0.05, 0) is 45.1 Å². The number of carboxylic acid groups (broad SMARTS) is 1. The summed E-state index contributed by atoms with van der Waals surface area (Å²) < 4.78 is 2.17. The lowest BCUT2D eigenvalue weighted by molar-refractivity contribution is 0.0697. The van der Waals surface area contributed by atoms with Gasteiger partial charge in [0, 0.05) is 6.54 Å². The highest BCUT2D eigenvalue weighted by molar-refractivity contribution is 5.92. The average Bonchev–Trinajstić information content (AvgIpc) is 2.70. The molecule has 0 aliphatic carbocycles. The summed E-state index contributed by atoms with van der Waals surface area (Å²) in [5.41, 5.74) is 2.05. The van der Waals surface area contributed by atoms with Crippen LogP contribution in [0, 0.1) is 12.8 Å². The Hall–Kier alpha value is -1.88. The van der Waals surface area contributed by atoms with E-state index in [-0.39, 0.29) is 6.04 Å². The van der Waals surface area contributed by atoms with Crippen LogP contribution >= 0.6 is 0 Å². The molecular formula is C16H23N3O2. The van der Waals surface area contributed by atoms with Crippen molar-refractivity contribution in [2.45, 2.75) is 26.8 Å². The molecule has 0 fully saturated rings. The summed E-state index contributed by atoms with van der Waals surface area (Å²) >= 11 is 0. The first kappa shape index (κ1) is 15.5. The highest BCUT2D eigenvalue weighted by Crippen LogP contribution is 2.27. The lowest BCUT2D eigenvalue weighted by Gasteiger charge is -2.27. The van der Waals surface area contributed by atoms with Gasteiger partial charge in [0.2, 0.25) is 0 Å². The highest BCUT2D eigenvalue weighted by atomic mass is 16.4. The van der Waals surface area contributed by atoms with Crippen LogP contribution in [0.15, 0.2) is 18.2 Å². The number of aryl methyl sites for hydroxylation is 1. The molecule has 21 heavy (non-hydrogen) atoms. The van der Waals surface area contributed by atoms with Crippen molar-refractivity contribution < 1.29 is 9.90 Å². The van der Waals surface area contributed by atoms with E-state index in [1.54, 1.807) is 18.2 Å². The van der Waals surface area contributed by atoms with Crippen molar-refractivity contribution in [3.05, 3.63) is 29.6 Å². The van der Waals surface area contributed by atoms with E-state index < -0.39 is 5.97 Å². The van der Waals surface area contributed by atoms with Gasteiger partial charge in [-0.1, -0.05) is 13.8 Å². The fourth-order valence-corrected chi connectivity index (χ4v) is 2.73. The number of hydrogen-bond donors (Lipinski definition) is 1. The zero-order chi connectivity index (χ0) is 15.7. The van der Waals surface area contributed by atoms with Crippen molar-refractivity contribution >= 4 is 17.0 Å². The standard InChI is InChI=1S/C16H23N3O2/c1-10(2)15(9-18(4)5)19-11(3)17-13-7-6-12(16(20)21)8-14(13)19/h6-8,10,15H,9H2,1-5H3,(H,20,21). The summed E-state index contributed by atoms with van der Waals surface area (Å²) in [7, 11) is 4.10. The van der Waals surface area contributed by atoms with Gasteiger partial charge in [0.05, 0.1) is 22.6 Å². The van der Waals surface area contributed by atoms with E-state index in [0.29, 0.717) is 11.5 Å². The lowest BCUT2D eigenvalue weighted by Crippen LogP contribution is -2.28. The molecule has 2 rings (SSSR count). The predicted octanol–water partition coefficient (Wildman–Crippen LogP) is 2.80. The second-order valence-corrected chi connectivity index (χ2v) is 6.11. The van der Waals surface area contributed by atoms with E-state index in [9.17, 15) is 9.90 Å². The van der Waals surface area contributed by atoms with Gasteiger partial charge < -0.3 is 14.6 Å². The molecule has 1 aromatic carbocycles. The fraction of sp³-hybridized carbons (Fsp3) is 0.500. The Morgan fingerprint density at radius 2 is 2.05 bits per heavy atom. The van der Waals surface area contributed by atoms with Crippen molar-refractivity contribution in [2.75, 3.05) is 20.6 Å². The van der Waals surface area contributed by atoms with Gasteiger partial charge in [0.25, 0.3) is 0 Å². The minimum atomic E-state index is -0.906. The maximum Gasteiger partial charge on any atom is 0.335 e. The molecule has 1 aromatic heterocycles. The number of hydrogen-bond acceptors (Lipinski definition) is 3. The molecule has 5 heteroatoms. The molecule has 1 unspecified atom stereocenters. The Morgan fingerprint density at radius 3 is 2.57 bits per heavy atom. The highest BCUT2D eigenvalue weighted by Gasteiger charge is 2.21. The molecule has 0 saturated carbocycles. The molecule has 5 nitrogen and oxygen atoms in total. The third-order valence-corrected chi connectivity index (χ3v) is 3.77. The number of benzene rings is 1. The topological polar surface area (TPSA) is 58.4 Å². The van der Waals surface area contributed by atoms with Crippen LogP contribution in [0.4, 0.5) is 0 Å². The van der Waals surface area contributed by atoms with Crippen molar-refractivity contribution in [3.63, 3.8) is 0 Å². The van der Waals surface area contributed by atoms with Crippen molar-refractivity contribution in [1.82, 2.24) is 14.5 Å². The molecule has 0 spiro atoms. The number of nitrogens with zero attached hydrogens (tertiary/aromatic N) is 3. The molecule has 0 radical (unpaired) electrons. The lowest BCUT2D eigenvalue weighted by atomic mass is 10.0. The SMILES string of the molecule is Cc1nc2ccc(C(=O)O)cc2n1C(CN(C)C)C(C)C. The Balaban J connectivity index is 2.62. The number of aromatic carboxylic acids is 1. The minimum absolute atomic E-state index is 0.258. The maximum atomic E-state index is 11.2. The van der Waals surface area contributed by atoms with Crippen molar-refractivity contribution in [2.24, 2.45) is 5.92 Å². The molecule has 0 amide bonds. The summed E-state index contributed by atoms with van der Waals surface area (Å²) in [5, 5.41) is 9.20. The third kappa shape index (κ3) is 3.08. The quantitative estimate of drug-likeness (QED) is 0.919. The average molecular weight is 289 g/mol. The molecule has 1 atom stereocenters. The van der Waals surface area contributed by atoms with Crippen LogP contribution in [-0.4, -0.2) is 46.2 Å². The number of aromatic nitrogens is 2. The molecule has 114 valence electrons. The van der Waals surface area contributed by atoms with Gasteiger partial charge in [0.15, 0.2) is 0 Å². The molecule has 0 aliphatic heterocycles. The Bertz CT molecular complexity index is 659. The van der Waals surface area contributed by atoms with Gasteiger partial charge in [-0.25, -0.2) is 9.78 Å². The van der Waals surface area contributed by atoms with Gasteiger partial charge in [-0.15, -0.1) is 0 Å². The van der Waals surface area contributed by atoms with Crippen LogP contribution in [-0.2, 0) is 0 Å². The van der Waals surface area contributed by atoms with Gasteiger partial charge >= 0.3 is 5.97 Å². The number of imidazole rings is 1. The molecule has 0 aliphatic rings. The molecule has 1 heterocycles. The minimum Gasteiger partial charge on any atom is -0.478 e. The van der Waals surface area contributed by atoms with E-state index >= 15 is 0 Å². The smallest absolute Gasteiger partial charge is 0.335 e. The Morgan fingerprint density at radius 1 is 1.38 bits per heavy atom. The van der Waals surface area contributed by atoms with Crippen LogP contribution in [0.5, 0.6) is 0 Å².